The van der Waals surface area contributed by atoms with Crippen LogP contribution in [0.25, 0.3) is 0 Å². The van der Waals surface area contributed by atoms with Gasteiger partial charge in [-0.3, -0.25) is 47.9 Å². The van der Waals surface area contributed by atoms with Gasteiger partial charge in [-0.1, -0.05) is 14.4 Å². The van der Waals surface area contributed by atoms with E-state index in [1.54, 1.807) is 0 Å². The third-order valence-electron chi connectivity index (χ3n) is 12.2. The van der Waals surface area contributed by atoms with E-state index in [1.165, 1.54) is 20.8 Å². The monoisotopic (exact) mass is 878 g/mol. The molecule has 20 heteroatoms. The normalized spacial score (nSPS) is 20.2. The van der Waals surface area contributed by atoms with Crippen LogP contribution in [0, 0.1) is 54.7 Å². The average molecular weight is 879 g/mol. The van der Waals surface area contributed by atoms with Crippen LogP contribution in [0.15, 0.2) is 0 Å². The molecule has 0 spiro atoms. The molecule has 0 fully saturated rings. The summed E-state index contributed by atoms with van der Waals surface area (Å²) in [5.74, 6) is -17.8. The summed E-state index contributed by atoms with van der Waals surface area (Å²) in [5.41, 5.74) is -20.1. The third-order valence-corrected chi connectivity index (χ3v) is 12.2. The largest absolute Gasteiger partial charge is 0.481 e. The number of carboxylic acids is 10. The van der Waals surface area contributed by atoms with E-state index in [2.05, 4.69) is 0 Å². The molecule has 0 saturated carbocycles. The van der Waals surface area contributed by atoms with Crippen LogP contribution < -0.4 is 0 Å². The summed E-state index contributed by atoms with van der Waals surface area (Å²) >= 11 is 0. The fourth-order valence-electron chi connectivity index (χ4n) is 9.57. The number of carbonyl (C=O) groups is 10. The number of aliphatic carboxylic acids is 10. The number of carboxylic acid groups (broad SMARTS) is 10. The van der Waals surface area contributed by atoms with Crippen molar-refractivity contribution >= 4 is 59.7 Å². The molecule has 0 saturated heterocycles. The zero-order valence-corrected chi connectivity index (χ0v) is 36.0. The second kappa shape index (κ2) is 19.2. The van der Waals surface area contributed by atoms with Gasteiger partial charge in [0.1, 0.15) is 0 Å². The van der Waals surface area contributed by atoms with Crippen molar-refractivity contribution in [3.63, 3.8) is 0 Å². The molecule has 0 aromatic carbocycles. The molecule has 9 atom stereocenters. The Morgan fingerprint density at radius 1 is 0.311 bits per heavy atom. The highest BCUT2D eigenvalue weighted by Crippen LogP contribution is 2.55. The van der Waals surface area contributed by atoms with Gasteiger partial charge < -0.3 is 51.1 Å². The highest BCUT2D eigenvalue weighted by molar-refractivity contribution is 5.85. The highest BCUT2D eigenvalue weighted by Gasteiger charge is 2.59. The lowest BCUT2D eigenvalue weighted by atomic mass is 9.56. The Hall–Kier alpha value is -5.30. The second-order valence-electron chi connectivity index (χ2n) is 20.0. The maximum Gasteiger partial charge on any atom is 0.309 e. The average Bonchev–Trinajstić information content (AvgIpc) is 3.02. The van der Waals surface area contributed by atoms with Gasteiger partial charge in [-0.25, -0.2) is 0 Å². The molecule has 0 rings (SSSR count). The van der Waals surface area contributed by atoms with Crippen molar-refractivity contribution in [2.45, 2.75) is 141 Å². The molecule has 20 nitrogen and oxygen atoms in total. The maximum absolute atomic E-state index is 13.1. The van der Waals surface area contributed by atoms with Crippen LogP contribution in [-0.4, -0.2) is 111 Å². The van der Waals surface area contributed by atoms with E-state index in [0.29, 0.717) is 0 Å². The van der Waals surface area contributed by atoms with Crippen LogP contribution >= 0.6 is 0 Å². The molecule has 9 unspecified atom stereocenters. The minimum atomic E-state index is -2.44. The summed E-state index contributed by atoms with van der Waals surface area (Å²) in [5, 5.41) is 102. The van der Waals surface area contributed by atoms with Gasteiger partial charge in [-0.15, -0.1) is 0 Å². The number of rotatable bonds is 28. The topological polar surface area (TPSA) is 373 Å². The first-order chi connectivity index (χ1) is 26.5. The maximum atomic E-state index is 13.1. The van der Waals surface area contributed by atoms with Gasteiger partial charge in [-0.2, -0.15) is 0 Å². The van der Waals surface area contributed by atoms with Gasteiger partial charge in [0.25, 0.3) is 0 Å². The third kappa shape index (κ3) is 13.6. The van der Waals surface area contributed by atoms with E-state index in [1.807, 2.05) is 0 Å². The lowest BCUT2D eigenvalue weighted by Crippen LogP contribution is -2.50. The van der Waals surface area contributed by atoms with Gasteiger partial charge in [0.2, 0.25) is 0 Å². The number of hydrogen-bond donors (Lipinski definition) is 10. The van der Waals surface area contributed by atoms with Crippen LogP contribution in [-0.2, 0) is 47.9 Å². The molecule has 61 heavy (non-hydrogen) atoms. The summed E-state index contributed by atoms with van der Waals surface area (Å²) in [6, 6.07) is 0. The van der Waals surface area contributed by atoms with Crippen molar-refractivity contribution in [1.82, 2.24) is 0 Å². The van der Waals surface area contributed by atoms with Crippen molar-refractivity contribution < 1.29 is 99.0 Å². The van der Waals surface area contributed by atoms with E-state index < -0.39 is 172 Å². The quantitative estimate of drug-likeness (QED) is 0.0451. The molecule has 0 aliphatic heterocycles. The summed E-state index contributed by atoms with van der Waals surface area (Å²) in [6.45, 7) is 11.7. The van der Waals surface area contributed by atoms with Crippen LogP contribution in [0.1, 0.15) is 141 Å². The van der Waals surface area contributed by atoms with E-state index in [9.17, 15) is 99.0 Å². The van der Waals surface area contributed by atoms with Crippen molar-refractivity contribution in [3.8, 4) is 0 Å². The Kier molecular flexibility index (Phi) is 18.2. The Bertz CT molecular complexity index is 1770. The Balaban J connectivity index is 0. The molecule has 0 aliphatic rings. The van der Waals surface area contributed by atoms with Crippen molar-refractivity contribution in [3.05, 3.63) is 0 Å². The highest BCUT2D eigenvalue weighted by atomic mass is 16.4. The first-order valence-corrected chi connectivity index (χ1v) is 18.8. The zero-order valence-electron chi connectivity index (χ0n) is 36.0. The molecule has 0 bridgehead atoms. The predicted molar refractivity (Wildman–Crippen MR) is 212 cm³/mol. The molecule has 0 aromatic rings. The summed E-state index contributed by atoms with van der Waals surface area (Å²) < 4.78 is 0. The Morgan fingerprint density at radius 2 is 0.475 bits per heavy atom. The van der Waals surface area contributed by atoms with Gasteiger partial charge in [0.15, 0.2) is 0 Å². The van der Waals surface area contributed by atoms with E-state index in [4.69, 9.17) is 0 Å². The van der Waals surface area contributed by atoms with Gasteiger partial charge in [-0.05, 0) is 127 Å². The van der Waals surface area contributed by atoms with Crippen LogP contribution in [0.4, 0.5) is 0 Å². The van der Waals surface area contributed by atoms with E-state index >= 15 is 0 Å². The predicted octanol–water partition coefficient (Wildman–Crippen LogP) is 5.69. The smallest absolute Gasteiger partial charge is 0.309 e. The van der Waals surface area contributed by atoms with Crippen molar-refractivity contribution in [2.24, 2.45) is 54.7 Å². The van der Waals surface area contributed by atoms with Crippen molar-refractivity contribution in [1.29, 1.82) is 0 Å². The molecule has 0 radical (unpaired) electrons. The molecular formula is C41H66O20. The minimum Gasteiger partial charge on any atom is -0.481 e. The second-order valence-corrected chi connectivity index (χ2v) is 20.0. The summed E-state index contributed by atoms with van der Waals surface area (Å²) in [6.07, 6.45) is -7.82. The molecule has 0 heterocycles. The lowest BCUT2D eigenvalue weighted by Gasteiger charge is -2.45. The molecule has 0 amide bonds. The fourth-order valence-corrected chi connectivity index (χ4v) is 9.57. The standard InChI is InChI=1S/C40H62O20.CH4/c1-21(22(41)42)12-33(4,24(45)46)14-35(6,26(49)50)16-37(8,28(53)54)18-39(10,30(57)58)20-40(11,31(59)60)19-38(9,29(55)56)17-36(7,27(51)52)15-34(5,25(47)48)13-32(2,3)23(43)44;/h21H,12-20H2,1-11H3,(H,41,42)(H,43,44)(H,45,46)(H,47,48)(H,49,50)(H,51,52)(H,53,54)(H,55,56)(H,57,58)(H,59,60);1H4. The molecule has 0 aliphatic carbocycles. The van der Waals surface area contributed by atoms with Gasteiger partial charge >= 0.3 is 59.7 Å². The van der Waals surface area contributed by atoms with Gasteiger partial charge in [0.05, 0.1) is 54.7 Å². The number of hydrogen-bond acceptors (Lipinski definition) is 10. The Labute approximate surface area is 354 Å². The lowest BCUT2D eigenvalue weighted by molar-refractivity contribution is -0.168. The molecule has 350 valence electrons. The fraction of sp³-hybridized carbons (Fsp3) is 0.756. The molecule has 10 N–H and O–H groups in total. The first-order valence-electron chi connectivity index (χ1n) is 18.8. The first kappa shape index (κ1) is 57.8. The summed E-state index contributed by atoms with van der Waals surface area (Å²) in [7, 11) is 0. The SMILES string of the molecule is C.CC(CC(C)(CC(C)(CC(C)(CC(C)(CC(C)(CC(C)(CC(C)(CC(C)(CC(C)(C)C(=O)O)C(=O)O)C(=O)O)C(=O)O)C(=O)O)C(=O)O)C(=O)O)C(=O)O)C(=O)O)C(=O)O. The van der Waals surface area contributed by atoms with Crippen LogP contribution in [0.5, 0.6) is 0 Å². The zero-order chi connectivity index (χ0) is 48.2. The van der Waals surface area contributed by atoms with Crippen LogP contribution in [0.2, 0.25) is 0 Å². The minimum absolute atomic E-state index is 0. The van der Waals surface area contributed by atoms with E-state index in [0.717, 1.165) is 55.4 Å². The molecular weight excluding hydrogens is 812 g/mol. The molecule has 0 aromatic heterocycles. The van der Waals surface area contributed by atoms with Crippen molar-refractivity contribution in [2.75, 3.05) is 0 Å². The summed E-state index contributed by atoms with van der Waals surface area (Å²) in [4.78, 5) is 126. The van der Waals surface area contributed by atoms with E-state index in [-0.39, 0.29) is 7.43 Å². The van der Waals surface area contributed by atoms with Gasteiger partial charge in [0, 0.05) is 0 Å². The van der Waals surface area contributed by atoms with Crippen LogP contribution in [0.3, 0.4) is 0 Å². The Morgan fingerprint density at radius 3 is 0.623 bits per heavy atom.